The first-order valence-corrected chi connectivity index (χ1v) is 34.9. The van der Waals surface area contributed by atoms with Crippen LogP contribution in [0.25, 0.3) is 61.3 Å². The highest BCUT2D eigenvalue weighted by Gasteiger charge is 2.12. The molecule has 0 aliphatic carbocycles. The van der Waals surface area contributed by atoms with Gasteiger partial charge in [-0.25, -0.2) is 9.59 Å². The van der Waals surface area contributed by atoms with Crippen LogP contribution in [0.4, 0.5) is 0 Å². The average Bonchev–Trinajstić information content (AvgIpc) is 1.20. The summed E-state index contributed by atoms with van der Waals surface area (Å²) in [5.41, 5.74) is 14.9. The number of methoxy groups -OCH3 is 1. The molecule has 1 aromatic heterocycles. The Balaban J connectivity index is 0.000000180. The standard InChI is InChI=1S/C22H14O3.C14H10O3.C14H12.C12H11NO.C12H11N.C11H8OS.C10H12O3/c23-14-15-5-6-19-13-21(10-9-18(19)11-15)25-22(24)20-8-7-16-3-1-2-4-17(16)12-20;15-10-11-6-8-13(9-7-11)17-14(16)12-4-2-1-3-5-12;1-2-12-8-10-14(11-9-12)13-6-4-3-5-7-13;1-2-10(8-13)7-11-3-5-12(9-14)6-4-11;1-3-11(9-13)8-12-6-4-10(2)5-7-12;12-8-9-3-5-10(6-4-9)11-2-1-7-13-11;1-7-3-8(5-11)4-9(6-12)10(7)13-2/h1-14H;1-10H;2-11H,1H2;2-7,14H,1,9H2;3-8H,1H2,2H3;1-8H;3-5,12H,6H2,1-2H3/b;;;10-7-;11-8-;;. The number of rotatable bonds is 18. The van der Waals surface area contributed by atoms with E-state index >= 15 is 0 Å². The molecule has 12 aromatic carbocycles. The molecule has 13 nitrogen and oxygen atoms in total. The Bertz CT molecular complexity index is 5330. The van der Waals surface area contributed by atoms with Crippen molar-refractivity contribution in [3.8, 4) is 51.0 Å². The summed E-state index contributed by atoms with van der Waals surface area (Å²) in [4.78, 5) is 67.5. The van der Waals surface area contributed by atoms with Crippen LogP contribution in [0.3, 0.4) is 0 Å². The van der Waals surface area contributed by atoms with Crippen molar-refractivity contribution in [2.24, 2.45) is 0 Å². The molecule has 13 aromatic rings. The SMILES string of the molecule is C=C/C(C#N)=C/c1ccc(C)cc1.C=C/C(C#N)=C/c1ccc(CO)cc1.C=Cc1ccc(-c2ccccc2)cc1.COc1c(C)cc(C=O)cc1CO.O=Cc1ccc(-c2cccs2)cc1.O=Cc1ccc(OC(=O)c2ccccc2)cc1.O=Cc1ccc2cc(OC(=O)c3ccc4ccccc4c3)ccc2c1. The Kier molecular flexibility index (Phi) is 33.6. The van der Waals surface area contributed by atoms with Crippen LogP contribution in [-0.4, -0.2) is 54.4 Å². The van der Waals surface area contributed by atoms with Crippen LogP contribution in [0.5, 0.6) is 17.2 Å². The third kappa shape index (κ3) is 26.5. The Morgan fingerprint density at radius 2 is 0.890 bits per heavy atom. The Morgan fingerprint density at radius 3 is 1.43 bits per heavy atom. The third-order valence-electron chi connectivity index (χ3n) is 16.0. The van der Waals surface area contributed by atoms with Crippen LogP contribution in [0.2, 0.25) is 0 Å². The van der Waals surface area contributed by atoms with Gasteiger partial charge >= 0.3 is 11.9 Å². The van der Waals surface area contributed by atoms with Gasteiger partial charge < -0.3 is 24.4 Å². The van der Waals surface area contributed by atoms with Gasteiger partial charge in [0.05, 0.1) is 54.7 Å². The van der Waals surface area contributed by atoms with Gasteiger partial charge in [0.25, 0.3) is 0 Å². The summed E-state index contributed by atoms with van der Waals surface area (Å²) in [7, 11) is 1.54. The van der Waals surface area contributed by atoms with E-state index in [1.807, 2.05) is 177 Å². The number of aldehydes is 4. The van der Waals surface area contributed by atoms with E-state index in [0.717, 1.165) is 80.1 Å². The molecule has 0 saturated carbocycles. The second-order valence-corrected chi connectivity index (χ2v) is 24.6. The van der Waals surface area contributed by atoms with Crippen molar-refractivity contribution >= 4 is 88.2 Å². The van der Waals surface area contributed by atoms with Crippen molar-refractivity contribution in [1.29, 1.82) is 10.5 Å². The number of aryl methyl sites for hydroxylation is 2. The normalized spacial score (nSPS) is 10.2. The predicted molar refractivity (Wildman–Crippen MR) is 439 cm³/mol. The number of carbonyl (C=O) groups is 6. The van der Waals surface area contributed by atoms with E-state index in [0.29, 0.717) is 61.8 Å². The minimum Gasteiger partial charge on any atom is -0.496 e. The fourth-order valence-electron chi connectivity index (χ4n) is 10.2. The van der Waals surface area contributed by atoms with Crippen molar-refractivity contribution in [2.75, 3.05) is 7.11 Å². The average molecular weight is 1460 g/mol. The highest BCUT2D eigenvalue weighted by atomic mass is 32.1. The van der Waals surface area contributed by atoms with Gasteiger partial charge in [0.15, 0.2) is 0 Å². The van der Waals surface area contributed by atoms with Crippen LogP contribution in [-0.2, 0) is 13.2 Å². The third-order valence-corrected chi connectivity index (χ3v) is 16.9. The zero-order valence-electron chi connectivity index (χ0n) is 60.3. The lowest BCUT2D eigenvalue weighted by Crippen LogP contribution is -2.08. The summed E-state index contributed by atoms with van der Waals surface area (Å²) in [6, 6.07) is 92.5. The highest BCUT2D eigenvalue weighted by molar-refractivity contribution is 7.13. The minimum absolute atomic E-state index is 0.0383. The first-order valence-electron chi connectivity index (χ1n) is 34.0. The number of allylic oxidation sites excluding steroid dienone is 4. The van der Waals surface area contributed by atoms with Gasteiger partial charge in [-0.3, -0.25) is 19.2 Å². The summed E-state index contributed by atoms with van der Waals surface area (Å²) in [6.45, 7) is 14.6. The maximum atomic E-state index is 12.4. The molecule has 0 unspecified atom stereocenters. The number of thiophene rings is 1. The molecule has 0 saturated heterocycles. The van der Waals surface area contributed by atoms with Gasteiger partial charge in [0, 0.05) is 32.7 Å². The Labute approximate surface area is 639 Å². The number of ether oxygens (including phenoxy) is 3. The molecule has 14 heteroatoms. The van der Waals surface area contributed by atoms with Crippen molar-refractivity contribution in [2.45, 2.75) is 27.1 Å². The number of aliphatic hydroxyl groups is 2. The first kappa shape index (κ1) is 82.2. The largest absolute Gasteiger partial charge is 0.496 e. The van der Waals surface area contributed by atoms with E-state index in [4.69, 9.17) is 34.9 Å². The molecule has 0 atom stereocenters. The van der Waals surface area contributed by atoms with Crippen LogP contribution < -0.4 is 14.2 Å². The highest BCUT2D eigenvalue weighted by Crippen LogP contribution is 2.28. The molecule has 540 valence electrons. The molecule has 109 heavy (non-hydrogen) atoms. The number of carbonyl (C=O) groups excluding carboxylic acids is 6. The second kappa shape index (κ2) is 44.5. The van der Waals surface area contributed by atoms with Gasteiger partial charge in [-0.2, -0.15) is 10.5 Å². The summed E-state index contributed by atoms with van der Waals surface area (Å²) < 4.78 is 15.7. The zero-order valence-corrected chi connectivity index (χ0v) is 61.1. The van der Waals surface area contributed by atoms with E-state index in [-0.39, 0.29) is 13.2 Å². The maximum Gasteiger partial charge on any atom is 0.343 e. The van der Waals surface area contributed by atoms with Gasteiger partial charge in [0.1, 0.15) is 42.4 Å². The first-order chi connectivity index (χ1) is 53.1. The number of fused-ring (bicyclic) bond motifs is 2. The zero-order chi connectivity index (χ0) is 78.1. The summed E-state index contributed by atoms with van der Waals surface area (Å²) in [5, 5.41) is 41.1. The minimum atomic E-state index is -0.413. The fraction of sp³-hybridized carbons (Fsp3) is 0.0526. The summed E-state index contributed by atoms with van der Waals surface area (Å²) in [6.07, 6.45) is 11.6. The molecular formula is C95H78N2O11S. The van der Waals surface area contributed by atoms with E-state index in [9.17, 15) is 28.8 Å². The molecule has 13 rings (SSSR count). The van der Waals surface area contributed by atoms with Gasteiger partial charge in [-0.1, -0.05) is 244 Å². The monoisotopic (exact) mass is 1450 g/mol. The van der Waals surface area contributed by atoms with Gasteiger partial charge in [-0.05, 0) is 182 Å². The Hall–Kier alpha value is -14.1. The number of nitriles is 2. The fourth-order valence-corrected chi connectivity index (χ4v) is 10.9. The number of benzene rings is 12. The lowest BCUT2D eigenvalue weighted by Gasteiger charge is -2.09. The number of hydrogen-bond donors (Lipinski definition) is 2. The maximum absolute atomic E-state index is 12.4. The number of hydrogen-bond acceptors (Lipinski definition) is 14. The lowest BCUT2D eigenvalue weighted by molar-refractivity contribution is 0.0725. The number of nitrogens with zero attached hydrogens (tertiary/aromatic N) is 2. The van der Waals surface area contributed by atoms with Gasteiger partial charge in [0.2, 0.25) is 0 Å². The van der Waals surface area contributed by atoms with Crippen molar-refractivity contribution in [3.63, 3.8) is 0 Å². The molecule has 0 radical (unpaired) electrons. The van der Waals surface area contributed by atoms with Crippen molar-refractivity contribution in [3.05, 3.63) is 406 Å². The topological polar surface area (TPSA) is 218 Å². The molecular weight excluding hydrogens is 1380 g/mol. The molecule has 0 bridgehead atoms. The number of aliphatic hydroxyl groups excluding tert-OH is 2. The van der Waals surface area contributed by atoms with E-state index in [1.165, 1.54) is 33.2 Å². The van der Waals surface area contributed by atoms with Crippen molar-refractivity contribution < 1.29 is 53.2 Å². The van der Waals surface area contributed by atoms with Crippen LogP contribution in [0, 0.1) is 36.5 Å². The Morgan fingerprint density at radius 1 is 0.422 bits per heavy atom. The summed E-state index contributed by atoms with van der Waals surface area (Å²) >= 11 is 1.70. The predicted octanol–water partition coefficient (Wildman–Crippen LogP) is 21.6. The van der Waals surface area contributed by atoms with E-state index < -0.39 is 11.9 Å². The molecule has 0 aliphatic rings. The summed E-state index contributed by atoms with van der Waals surface area (Å²) in [5.74, 6) is 0.737. The lowest BCUT2D eigenvalue weighted by atomic mass is 10.0. The number of esters is 2. The molecule has 0 amide bonds. The molecule has 0 fully saturated rings. The van der Waals surface area contributed by atoms with Gasteiger partial charge in [-0.15, -0.1) is 11.3 Å². The second-order valence-electron chi connectivity index (χ2n) is 23.6. The molecule has 1 heterocycles. The smallest absolute Gasteiger partial charge is 0.343 e. The quantitative estimate of drug-likeness (QED) is 0.0269. The molecule has 0 aliphatic heterocycles. The van der Waals surface area contributed by atoms with E-state index in [2.05, 4.69) is 80.4 Å². The molecule has 2 N–H and O–H groups in total. The van der Waals surface area contributed by atoms with Crippen molar-refractivity contribution in [1.82, 2.24) is 0 Å². The van der Waals surface area contributed by atoms with Crippen LogP contribution >= 0.6 is 11.3 Å². The van der Waals surface area contributed by atoms with E-state index in [1.54, 1.807) is 122 Å². The van der Waals surface area contributed by atoms with Crippen LogP contribution in [0.15, 0.2) is 334 Å². The molecule has 0 spiro atoms. The van der Waals surface area contributed by atoms with Crippen LogP contribution in [0.1, 0.15) is 101 Å².